The van der Waals surface area contributed by atoms with Crippen molar-refractivity contribution in [2.24, 2.45) is 10.9 Å². The molecule has 0 radical (unpaired) electrons. The molecule has 1 aliphatic heterocycles. The monoisotopic (exact) mass is 198 g/mol. The van der Waals surface area contributed by atoms with Crippen LogP contribution in [-0.4, -0.2) is 5.90 Å². The fraction of sp³-hybridized carbons (Fsp3) is 0.375. The van der Waals surface area contributed by atoms with E-state index < -0.39 is 0 Å². The van der Waals surface area contributed by atoms with Crippen molar-refractivity contribution in [1.29, 1.82) is 10.5 Å². The number of rotatable bonds is 1. The van der Waals surface area contributed by atoms with Gasteiger partial charge in [-0.1, -0.05) is 6.92 Å². The Morgan fingerprint density at radius 2 is 2.21 bits per heavy atom. The van der Waals surface area contributed by atoms with Crippen LogP contribution in [0.4, 0.5) is 0 Å². The first-order chi connectivity index (χ1) is 6.19. The van der Waals surface area contributed by atoms with E-state index in [-0.39, 0.29) is 47.2 Å². The summed E-state index contributed by atoms with van der Waals surface area (Å²) < 4.78 is 0. The smallest absolute Gasteiger partial charge is 0.861 e. The Kier molecular flexibility index (Phi) is 5.26. The van der Waals surface area contributed by atoms with Crippen molar-refractivity contribution >= 4 is 5.90 Å². The van der Waals surface area contributed by atoms with E-state index >= 15 is 0 Å². The Hall–Kier alpha value is -1.01. The first kappa shape index (κ1) is 13.0. The normalized spacial score (nSPS) is 19.9. The number of hydrogen-bond donors (Lipinski definition) is 1. The zero-order valence-electron chi connectivity index (χ0n) is 8.03. The molecule has 0 saturated heterocycles. The number of hydrogen-bond acceptors (Lipinski definition) is 5. The Morgan fingerprint density at radius 1 is 1.57 bits per heavy atom. The van der Waals surface area contributed by atoms with Gasteiger partial charge in [-0.05, 0) is 18.2 Å². The van der Waals surface area contributed by atoms with Gasteiger partial charge in [-0.2, -0.15) is 10.5 Å². The average Bonchev–Trinajstić information content (AvgIpc) is 2.11. The second kappa shape index (κ2) is 5.66. The van der Waals surface area contributed by atoms with E-state index in [0.717, 1.165) is 0 Å². The second-order valence-electron chi connectivity index (χ2n) is 2.73. The zero-order chi connectivity index (χ0) is 9.84. The van der Waals surface area contributed by atoms with Gasteiger partial charge >= 0.3 is 29.6 Å². The molecule has 6 heteroatoms. The molecule has 5 nitrogen and oxygen atoms in total. The van der Waals surface area contributed by atoms with Gasteiger partial charge in [0.15, 0.2) is 12.0 Å². The van der Waals surface area contributed by atoms with Crippen LogP contribution in [0.1, 0.15) is 13.3 Å². The molecule has 0 aromatic carbocycles. The standard InChI is InChI=1S/C8H8N4O.Na/c1-5-2-6(3-9)7(11-4-10)12-8(5)13;/h5,11H,2H2,1H3,(H,12,13);/q;+1/p-1. The maximum atomic E-state index is 11.1. The van der Waals surface area contributed by atoms with Gasteiger partial charge in [-0.3, -0.25) is 5.32 Å². The van der Waals surface area contributed by atoms with Crippen LogP contribution in [-0.2, 0) is 0 Å². The second-order valence-corrected chi connectivity index (χ2v) is 2.73. The van der Waals surface area contributed by atoms with Gasteiger partial charge in [0.25, 0.3) is 0 Å². The first-order valence-electron chi connectivity index (χ1n) is 3.73. The van der Waals surface area contributed by atoms with E-state index in [1.165, 1.54) is 0 Å². The predicted molar refractivity (Wildman–Crippen MR) is 42.6 cm³/mol. The summed E-state index contributed by atoms with van der Waals surface area (Å²) in [6.45, 7) is 1.70. The van der Waals surface area contributed by atoms with Crippen molar-refractivity contribution in [2.45, 2.75) is 13.3 Å². The summed E-state index contributed by atoms with van der Waals surface area (Å²) in [5.41, 5.74) is 0.355. The molecule has 0 amide bonds. The van der Waals surface area contributed by atoms with Crippen molar-refractivity contribution in [1.82, 2.24) is 5.32 Å². The molecule has 0 spiro atoms. The first-order valence-corrected chi connectivity index (χ1v) is 3.73. The van der Waals surface area contributed by atoms with Crippen LogP contribution in [0.15, 0.2) is 16.4 Å². The number of nitrogens with zero attached hydrogens (tertiary/aromatic N) is 3. The maximum absolute atomic E-state index is 11.1. The van der Waals surface area contributed by atoms with E-state index in [1.807, 2.05) is 6.07 Å². The fourth-order valence-electron chi connectivity index (χ4n) is 1.03. The van der Waals surface area contributed by atoms with Crippen LogP contribution in [0.25, 0.3) is 0 Å². The summed E-state index contributed by atoms with van der Waals surface area (Å²) in [6.07, 6.45) is 1.98. The van der Waals surface area contributed by atoms with E-state index in [0.29, 0.717) is 12.0 Å². The van der Waals surface area contributed by atoms with Crippen molar-refractivity contribution in [3.63, 3.8) is 0 Å². The molecular formula is C8H7N4NaO. The Morgan fingerprint density at radius 3 is 2.71 bits per heavy atom. The summed E-state index contributed by atoms with van der Waals surface area (Å²) in [5, 5.41) is 30.3. The molecule has 1 heterocycles. The summed E-state index contributed by atoms with van der Waals surface area (Å²) in [4.78, 5) is 3.59. The van der Waals surface area contributed by atoms with Crippen LogP contribution in [0.2, 0.25) is 0 Å². The van der Waals surface area contributed by atoms with Gasteiger partial charge in [-0.15, -0.1) is 0 Å². The molecule has 1 N–H and O–H groups in total. The summed E-state index contributed by atoms with van der Waals surface area (Å²) in [5.74, 6) is -0.469. The molecule has 1 unspecified atom stereocenters. The molecule has 0 aromatic heterocycles. The Balaban J connectivity index is 0.00000169. The summed E-state index contributed by atoms with van der Waals surface area (Å²) >= 11 is 0. The third kappa shape index (κ3) is 2.74. The molecule has 0 aromatic rings. The van der Waals surface area contributed by atoms with Crippen molar-refractivity contribution in [2.75, 3.05) is 0 Å². The van der Waals surface area contributed by atoms with E-state index in [4.69, 9.17) is 10.5 Å². The Labute approximate surface area is 104 Å². The molecule has 66 valence electrons. The molecule has 0 fully saturated rings. The topological polar surface area (TPSA) is 95.0 Å². The number of aliphatic imine (C=N–C) groups is 1. The van der Waals surface area contributed by atoms with Gasteiger partial charge < -0.3 is 5.11 Å². The molecule has 0 aliphatic carbocycles. The predicted octanol–water partition coefficient (Wildman–Crippen LogP) is -3.41. The van der Waals surface area contributed by atoms with Crippen LogP contribution < -0.4 is 40.0 Å². The van der Waals surface area contributed by atoms with Crippen molar-refractivity contribution < 1.29 is 34.7 Å². The molecule has 1 atom stereocenters. The Bertz CT molecular complexity index is 361. The molecule has 1 rings (SSSR count). The number of nitriles is 2. The van der Waals surface area contributed by atoms with Gasteiger partial charge in [-0.25, -0.2) is 4.99 Å². The van der Waals surface area contributed by atoms with E-state index in [2.05, 4.69) is 10.3 Å². The van der Waals surface area contributed by atoms with E-state index in [1.54, 1.807) is 13.1 Å². The third-order valence-electron chi connectivity index (χ3n) is 1.75. The minimum Gasteiger partial charge on any atom is -0.861 e. The van der Waals surface area contributed by atoms with Gasteiger partial charge in [0.05, 0.1) is 11.6 Å². The van der Waals surface area contributed by atoms with Crippen LogP contribution in [0.3, 0.4) is 0 Å². The number of nitrogens with one attached hydrogen (secondary N) is 1. The maximum Gasteiger partial charge on any atom is 1.00 e. The van der Waals surface area contributed by atoms with Gasteiger partial charge in [0, 0.05) is 0 Å². The SMILES string of the molecule is CC1CC(C#N)=C(NC#N)N=C1[O-].[Na+]. The van der Waals surface area contributed by atoms with Crippen molar-refractivity contribution in [3.8, 4) is 12.3 Å². The van der Waals surface area contributed by atoms with Crippen molar-refractivity contribution in [3.05, 3.63) is 11.4 Å². The zero-order valence-corrected chi connectivity index (χ0v) is 10.0. The molecule has 0 bridgehead atoms. The summed E-state index contributed by atoms with van der Waals surface area (Å²) in [7, 11) is 0. The minimum atomic E-state index is -0.295. The van der Waals surface area contributed by atoms with Gasteiger partial charge in [0.1, 0.15) is 0 Å². The molecule has 0 saturated carbocycles. The van der Waals surface area contributed by atoms with Gasteiger partial charge in [0.2, 0.25) is 0 Å². The largest absolute Gasteiger partial charge is 1.00 e. The molecule has 1 aliphatic rings. The average molecular weight is 198 g/mol. The number of allylic oxidation sites excluding steroid dienone is 1. The van der Waals surface area contributed by atoms with Crippen LogP contribution >= 0.6 is 0 Å². The molecular weight excluding hydrogens is 191 g/mol. The minimum absolute atomic E-state index is 0. The van der Waals surface area contributed by atoms with Crippen LogP contribution in [0.5, 0.6) is 0 Å². The quantitative estimate of drug-likeness (QED) is 0.270. The summed E-state index contributed by atoms with van der Waals surface area (Å²) in [6, 6.07) is 1.91. The molecule has 14 heavy (non-hydrogen) atoms. The van der Waals surface area contributed by atoms with Crippen LogP contribution in [0, 0.1) is 28.7 Å². The third-order valence-corrected chi connectivity index (χ3v) is 1.75. The fourth-order valence-corrected chi connectivity index (χ4v) is 1.03. The van der Waals surface area contributed by atoms with E-state index in [9.17, 15) is 5.11 Å².